The van der Waals surface area contributed by atoms with Gasteiger partial charge in [-0.1, -0.05) is 23.9 Å². The van der Waals surface area contributed by atoms with Crippen LogP contribution in [0.2, 0.25) is 0 Å². The third-order valence-electron chi connectivity index (χ3n) is 2.74. The molecule has 0 bridgehead atoms. The predicted octanol–water partition coefficient (Wildman–Crippen LogP) is 2.30. The van der Waals surface area contributed by atoms with Crippen LogP contribution in [0.4, 0.5) is 0 Å². The van der Waals surface area contributed by atoms with Crippen molar-refractivity contribution in [2.24, 2.45) is 0 Å². The summed E-state index contributed by atoms with van der Waals surface area (Å²) in [6.07, 6.45) is 3.64. The van der Waals surface area contributed by atoms with E-state index in [1.165, 1.54) is 17.8 Å². The lowest BCUT2D eigenvalue weighted by Crippen LogP contribution is -2.18. The molecule has 0 N–H and O–H groups in total. The Balaban J connectivity index is 2.39. The molecular weight excluding hydrogens is 258 g/mol. The van der Waals surface area contributed by atoms with Crippen LogP contribution in [0.15, 0.2) is 52.5 Å². The van der Waals surface area contributed by atoms with Gasteiger partial charge in [0, 0.05) is 17.6 Å². The fraction of sp³-hybridized carbons (Fsp3) is 0.0714. The van der Waals surface area contributed by atoms with E-state index in [0.717, 1.165) is 11.1 Å². The molecule has 2 heterocycles. The molecule has 5 heteroatoms. The van der Waals surface area contributed by atoms with Gasteiger partial charge in [0.1, 0.15) is 0 Å². The molecule has 0 unspecified atom stereocenters. The van der Waals surface area contributed by atoms with E-state index in [9.17, 15) is 4.79 Å². The first-order valence-corrected chi connectivity index (χ1v) is 6.91. The molecule has 1 aromatic carbocycles. The Bertz CT molecular complexity index is 784. The van der Waals surface area contributed by atoms with Gasteiger partial charge in [0.2, 0.25) is 0 Å². The minimum atomic E-state index is -0.113. The maximum absolute atomic E-state index is 12.1. The van der Waals surface area contributed by atoms with E-state index in [1.807, 2.05) is 18.4 Å². The van der Waals surface area contributed by atoms with Crippen molar-refractivity contribution in [1.29, 1.82) is 0 Å². The highest BCUT2D eigenvalue weighted by molar-refractivity contribution is 7.98. The molecule has 0 aliphatic heterocycles. The highest BCUT2D eigenvalue weighted by Crippen LogP contribution is 2.16. The number of hydrogen-bond donors (Lipinski definition) is 0. The SMILES string of the molecule is CSc1ncc2ccc(=O)n(-c3c[c]ccc3)c2n1. The van der Waals surface area contributed by atoms with E-state index in [4.69, 9.17) is 0 Å². The number of benzene rings is 1. The smallest absolute Gasteiger partial charge is 0.256 e. The van der Waals surface area contributed by atoms with Crippen molar-refractivity contribution in [2.75, 3.05) is 6.26 Å². The molecular formula is C14H10N3OS. The predicted molar refractivity (Wildman–Crippen MR) is 75.8 cm³/mol. The van der Waals surface area contributed by atoms with Gasteiger partial charge in [-0.05, 0) is 30.5 Å². The van der Waals surface area contributed by atoms with Crippen LogP contribution < -0.4 is 5.56 Å². The summed E-state index contributed by atoms with van der Waals surface area (Å²) in [4.78, 5) is 20.8. The maximum atomic E-state index is 12.1. The highest BCUT2D eigenvalue weighted by atomic mass is 32.2. The molecule has 4 nitrogen and oxygen atoms in total. The number of hydrogen-bond acceptors (Lipinski definition) is 4. The van der Waals surface area contributed by atoms with Crippen molar-refractivity contribution in [1.82, 2.24) is 14.5 Å². The van der Waals surface area contributed by atoms with Crippen LogP contribution in [-0.2, 0) is 0 Å². The molecule has 3 aromatic rings. The van der Waals surface area contributed by atoms with E-state index in [0.29, 0.717) is 10.8 Å². The molecule has 1 radical (unpaired) electrons. The zero-order chi connectivity index (χ0) is 13.2. The highest BCUT2D eigenvalue weighted by Gasteiger charge is 2.07. The van der Waals surface area contributed by atoms with Gasteiger partial charge < -0.3 is 0 Å². The van der Waals surface area contributed by atoms with Crippen molar-refractivity contribution in [3.05, 3.63) is 59.0 Å². The van der Waals surface area contributed by atoms with Crippen molar-refractivity contribution in [3.63, 3.8) is 0 Å². The van der Waals surface area contributed by atoms with Crippen LogP contribution in [0.25, 0.3) is 16.7 Å². The van der Waals surface area contributed by atoms with E-state index >= 15 is 0 Å². The molecule has 0 saturated carbocycles. The number of pyridine rings is 1. The van der Waals surface area contributed by atoms with E-state index in [2.05, 4.69) is 16.0 Å². The Hall–Kier alpha value is -2.14. The van der Waals surface area contributed by atoms with E-state index < -0.39 is 0 Å². The fourth-order valence-corrected chi connectivity index (χ4v) is 2.21. The molecule has 93 valence electrons. The summed E-state index contributed by atoms with van der Waals surface area (Å²) in [5, 5.41) is 1.48. The summed E-state index contributed by atoms with van der Waals surface area (Å²) < 4.78 is 1.58. The van der Waals surface area contributed by atoms with Crippen LogP contribution in [0.3, 0.4) is 0 Å². The van der Waals surface area contributed by atoms with Gasteiger partial charge in [0.05, 0.1) is 5.69 Å². The zero-order valence-corrected chi connectivity index (χ0v) is 11.0. The monoisotopic (exact) mass is 268 g/mol. The Labute approximate surface area is 114 Å². The number of fused-ring (bicyclic) bond motifs is 1. The minimum Gasteiger partial charge on any atom is -0.269 e. The molecule has 0 aliphatic rings. The van der Waals surface area contributed by atoms with Crippen molar-refractivity contribution < 1.29 is 0 Å². The molecule has 0 amide bonds. The average Bonchev–Trinajstić information content (AvgIpc) is 2.47. The van der Waals surface area contributed by atoms with Crippen LogP contribution in [0, 0.1) is 6.07 Å². The number of rotatable bonds is 2. The Morgan fingerprint density at radius 2 is 2.21 bits per heavy atom. The minimum absolute atomic E-state index is 0.113. The first-order chi connectivity index (χ1) is 9.29. The van der Waals surface area contributed by atoms with E-state index in [-0.39, 0.29) is 5.56 Å². The summed E-state index contributed by atoms with van der Waals surface area (Å²) in [5.74, 6) is 0. The fourth-order valence-electron chi connectivity index (χ4n) is 1.87. The Morgan fingerprint density at radius 3 is 2.95 bits per heavy atom. The second-order valence-corrected chi connectivity index (χ2v) is 4.68. The summed E-state index contributed by atoms with van der Waals surface area (Å²) in [6, 6.07) is 13.5. The molecule has 0 saturated heterocycles. The Kier molecular flexibility index (Phi) is 3.05. The second kappa shape index (κ2) is 4.85. The number of aromatic nitrogens is 3. The quantitative estimate of drug-likeness (QED) is 0.528. The molecule has 0 fully saturated rings. The normalized spacial score (nSPS) is 10.8. The lowest BCUT2D eigenvalue weighted by Gasteiger charge is -2.09. The second-order valence-electron chi connectivity index (χ2n) is 3.90. The summed E-state index contributed by atoms with van der Waals surface area (Å²) >= 11 is 1.45. The van der Waals surface area contributed by atoms with E-state index in [1.54, 1.807) is 29.0 Å². The van der Waals surface area contributed by atoms with Crippen molar-refractivity contribution >= 4 is 22.8 Å². The zero-order valence-electron chi connectivity index (χ0n) is 10.2. The van der Waals surface area contributed by atoms with Gasteiger partial charge in [0.15, 0.2) is 10.8 Å². The third-order valence-corrected chi connectivity index (χ3v) is 3.30. The van der Waals surface area contributed by atoms with Gasteiger partial charge in [-0.25, -0.2) is 9.97 Å². The maximum Gasteiger partial charge on any atom is 0.256 e. The third kappa shape index (κ3) is 2.13. The molecule has 3 rings (SSSR count). The summed E-state index contributed by atoms with van der Waals surface area (Å²) in [5.41, 5.74) is 1.26. The lowest BCUT2D eigenvalue weighted by molar-refractivity contribution is 0.938. The molecule has 19 heavy (non-hydrogen) atoms. The molecule has 0 atom stereocenters. The summed E-state index contributed by atoms with van der Waals surface area (Å²) in [7, 11) is 0. The van der Waals surface area contributed by atoms with Crippen LogP contribution >= 0.6 is 11.8 Å². The lowest BCUT2D eigenvalue weighted by atomic mass is 10.3. The van der Waals surface area contributed by atoms with Crippen LogP contribution in [0.5, 0.6) is 0 Å². The van der Waals surface area contributed by atoms with Crippen LogP contribution in [-0.4, -0.2) is 20.8 Å². The number of thioether (sulfide) groups is 1. The average molecular weight is 268 g/mol. The first kappa shape index (κ1) is 11.9. The van der Waals surface area contributed by atoms with Gasteiger partial charge >= 0.3 is 0 Å². The van der Waals surface area contributed by atoms with Crippen molar-refractivity contribution in [2.45, 2.75) is 5.16 Å². The first-order valence-electron chi connectivity index (χ1n) is 5.69. The largest absolute Gasteiger partial charge is 0.269 e. The van der Waals surface area contributed by atoms with Crippen LogP contribution in [0.1, 0.15) is 0 Å². The topological polar surface area (TPSA) is 47.8 Å². The van der Waals surface area contributed by atoms with Gasteiger partial charge in [0.25, 0.3) is 5.56 Å². The number of nitrogens with zero attached hydrogens (tertiary/aromatic N) is 3. The standard InChI is InChI=1S/C14H10N3OS/c1-19-14-15-9-10-7-8-12(18)17(13(10)16-14)11-5-3-2-4-6-11/h2-3,5-9H,1H3. The summed E-state index contributed by atoms with van der Waals surface area (Å²) in [6.45, 7) is 0. The van der Waals surface area contributed by atoms with Gasteiger partial charge in [-0.2, -0.15) is 0 Å². The Morgan fingerprint density at radius 1 is 1.32 bits per heavy atom. The van der Waals surface area contributed by atoms with Crippen molar-refractivity contribution in [3.8, 4) is 5.69 Å². The molecule has 2 aromatic heterocycles. The molecule has 0 aliphatic carbocycles. The van der Waals surface area contributed by atoms with Gasteiger partial charge in [-0.3, -0.25) is 9.36 Å². The molecule has 0 spiro atoms. The van der Waals surface area contributed by atoms with Gasteiger partial charge in [-0.15, -0.1) is 0 Å².